The Balaban J connectivity index is 1.23. The van der Waals surface area contributed by atoms with Gasteiger partial charge in [-0.05, 0) is 67.9 Å². The third kappa shape index (κ3) is 4.82. The number of carbonyl (C=O) groups is 2. The van der Waals surface area contributed by atoms with Gasteiger partial charge in [0.25, 0.3) is 5.91 Å². The Morgan fingerprint density at radius 3 is 2.66 bits per heavy atom. The fourth-order valence-corrected chi connectivity index (χ4v) is 5.39. The van der Waals surface area contributed by atoms with Crippen molar-refractivity contribution in [3.05, 3.63) is 80.8 Å². The molecule has 3 aromatic rings. The Kier molecular flexibility index (Phi) is 5.80. The highest BCUT2D eigenvalue weighted by Crippen LogP contribution is 2.41. The van der Waals surface area contributed by atoms with Gasteiger partial charge in [0.1, 0.15) is 23.1 Å². The molecule has 0 radical (unpaired) electrons. The zero-order chi connectivity index (χ0) is 23.9. The van der Waals surface area contributed by atoms with Crippen LogP contribution in [-0.4, -0.2) is 34.3 Å². The van der Waals surface area contributed by atoms with Crippen molar-refractivity contribution in [1.29, 1.82) is 0 Å². The number of aryl methyl sites for hydroxylation is 1. The summed E-state index contributed by atoms with van der Waals surface area (Å²) in [6, 6.07) is 14.9. The monoisotopic (exact) mass is 487 g/mol. The number of carbonyl (C=O) groups excluding carboxylic acids is 2. The minimum Gasteiger partial charge on any atom is -0.486 e. The number of benzene rings is 2. The fourth-order valence-electron chi connectivity index (χ4n) is 4.71. The van der Waals surface area contributed by atoms with Gasteiger partial charge in [-0.2, -0.15) is 0 Å². The number of nitrogens with zero attached hydrogens (tertiary/aromatic N) is 2. The van der Waals surface area contributed by atoms with Crippen molar-refractivity contribution in [3.63, 3.8) is 0 Å². The standard InChI is InChI=1S/C28H29N3O3S/c1-17-2-4-19(5-3-17)26-23-14-22(11-8-18(23)12-13-31(26)28(33)20-6-7-20)34-15-25-30-24(16-35-25)27(32)29-21-9-10-21/h2-5,8,11,14,16,20-21,26H,6-7,9-10,12-13,15H2,1H3,(H,29,32)/t26-/m1/s1. The van der Waals surface area contributed by atoms with Crippen LogP contribution in [0.4, 0.5) is 0 Å². The molecule has 0 bridgehead atoms. The molecule has 1 N–H and O–H groups in total. The lowest BCUT2D eigenvalue weighted by Crippen LogP contribution is -2.41. The molecule has 35 heavy (non-hydrogen) atoms. The lowest BCUT2D eigenvalue weighted by atomic mass is 9.87. The number of amides is 2. The van der Waals surface area contributed by atoms with Gasteiger partial charge in [-0.25, -0.2) is 4.98 Å². The van der Waals surface area contributed by atoms with E-state index in [4.69, 9.17) is 4.74 Å². The van der Waals surface area contributed by atoms with Gasteiger partial charge in [0.2, 0.25) is 5.91 Å². The molecule has 1 aromatic heterocycles. The highest BCUT2D eigenvalue weighted by molar-refractivity contribution is 7.09. The Morgan fingerprint density at radius 2 is 1.91 bits per heavy atom. The average Bonchev–Trinajstić information content (AvgIpc) is 3.81. The minimum atomic E-state index is -0.106. The second-order valence-electron chi connectivity index (χ2n) is 9.89. The van der Waals surface area contributed by atoms with Crippen LogP contribution in [0, 0.1) is 12.8 Å². The van der Waals surface area contributed by atoms with Crippen LogP contribution >= 0.6 is 11.3 Å². The number of thiazole rings is 1. The van der Waals surface area contributed by atoms with Crippen LogP contribution in [0.1, 0.15) is 69.5 Å². The van der Waals surface area contributed by atoms with Crippen LogP contribution in [0.15, 0.2) is 47.8 Å². The number of fused-ring (bicyclic) bond motifs is 1. The van der Waals surface area contributed by atoms with Crippen molar-refractivity contribution < 1.29 is 14.3 Å². The third-order valence-corrected chi connectivity index (χ3v) is 7.83. The van der Waals surface area contributed by atoms with Crippen LogP contribution in [0.3, 0.4) is 0 Å². The van der Waals surface area contributed by atoms with Crippen LogP contribution in [0.25, 0.3) is 0 Å². The van der Waals surface area contributed by atoms with Crippen molar-refractivity contribution in [2.45, 2.75) is 57.7 Å². The molecule has 6 nitrogen and oxygen atoms in total. The second kappa shape index (κ2) is 9.11. The van der Waals surface area contributed by atoms with Gasteiger partial charge < -0.3 is 15.0 Å². The first kappa shape index (κ1) is 22.3. The molecule has 1 aliphatic heterocycles. The zero-order valence-electron chi connectivity index (χ0n) is 19.8. The molecular weight excluding hydrogens is 458 g/mol. The number of hydrogen-bond donors (Lipinski definition) is 1. The van der Waals surface area contributed by atoms with Gasteiger partial charge >= 0.3 is 0 Å². The van der Waals surface area contributed by atoms with E-state index in [1.165, 1.54) is 22.5 Å². The number of ether oxygens (including phenoxy) is 1. The predicted molar refractivity (Wildman–Crippen MR) is 135 cm³/mol. The van der Waals surface area contributed by atoms with Gasteiger partial charge in [-0.3, -0.25) is 9.59 Å². The first-order valence-corrected chi connectivity index (χ1v) is 13.3. The van der Waals surface area contributed by atoms with E-state index < -0.39 is 0 Å². The van der Waals surface area contributed by atoms with Gasteiger partial charge in [0.05, 0.1) is 6.04 Å². The SMILES string of the molecule is Cc1ccc([C@@H]2c3cc(OCc4nc(C(=O)NC5CC5)cs4)ccc3CCN2C(=O)C2CC2)cc1. The van der Waals surface area contributed by atoms with E-state index in [0.29, 0.717) is 18.3 Å². The van der Waals surface area contributed by atoms with Gasteiger partial charge in [0, 0.05) is 23.9 Å². The molecule has 2 fully saturated rings. The Morgan fingerprint density at radius 1 is 1.11 bits per heavy atom. The molecule has 1 atom stereocenters. The van der Waals surface area contributed by atoms with E-state index in [9.17, 15) is 9.59 Å². The van der Waals surface area contributed by atoms with E-state index in [0.717, 1.165) is 60.5 Å². The summed E-state index contributed by atoms with van der Waals surface area (Å²) < 4.78 is 6.12. The molecule has 0 spiro atoms. The van der Waals surface area contributed by atoms with Crippen molar-refractivity contribution in [2.75, 3.05) is 6.54 Å². The molecule has 180 valence electrons. The number of hydrogen-bond acceptors (Lipinski definition) is 5. The van der Waals surface area contributed by atoms with Crippen molar-refractivity contribution in [3.8, 4) is 5.75 Å². The molecule has 2 aromatic carbocycles. The maximum Gasteiger partial charge on any atom is 0.270 e. The second-order valence-corrected chi connectivity index (χ2v) is 10.8. The number of nitrogens with one attached hydrogen (secondary N) is 1. The molecule has 7 heteroatoms. The first-order valence-electron chi connectivity index (χ1n) is 12.4. The Hall–Kier alpha value is -3.19. The van der Waals surface area contributed by atoms with Crippen LogP contribution in [0.2, 0.25) is 0 Å². The topological polar surface area (TPSA) is 71.5 Å². The van der Waals surface area contributed by atoms with Gasteiger partial charge in [0.15, 0.2) is 0 Å². The molecule has 3 aliphatic rings. The number of aromatic nitrogens is 1. The molecule has 2 aliphatic carbocycles. The van der Waals surface area contributed by atoms with Gasteiger partial charge in [-0.15, -0.1) is 11.3 Å². The number of rotatable bonds is 7. The highest BCUT2D eigenvalue weighted by Gasteiger charge is 2.39. The largest absolute Gasteiger partial charge is 0.486 e. The average molecular weight is 488 g/mol. The maximum absolute atomic E-state index is 13.2. The van der Waals surface area contributed by atoms with Crippen LogP contribution in [0.5, 0.6) is 5.75 Å². The Bertz CT molecular complexity index is 1260. The van der Waals surface area contributed by atoms with E-state index in [1.807, 2.05) is 6.07 Å². The van der Waals surface area contributed by atoms with E-state index in [2.05, 4.69) is 58.5 Å². The Labute approximate surface area is 209 Å². The molecule has 6 rings (SSSR count). The zero-order valence-corrected chi connectivity index (χ0v) is 20.6. The lowest BCUT2D eigenvalue weighted by molar-refractivity contribution is -0.134. The smallest absolute Gasteiger partial charge is 0.270 e. The van der Waals surface area contributed by atoms with Gasteiger partial charge in [-0.1, -0.05) is 35.9 Å². The van der Waals surface area contributed by atoms with E-state index in [1.54, 1.807) is 5.38 Å². The summed E-state index contributed by atoms with van der Waals surface area (Å²) in [7, 11) is 0. The lowest BCUT2D eigenvalue weighted by Gasteiger charge is -2.38. The van der Waals surface area contributed by atoms with Crippen molar-refractivity contribution in [1.82, 2.24) is 15.2 Å². The third-order valence-electron chi connectivity index (χ3n) is 7.01. The molecular formula is C28H29N3O3S. The summed E-state index contributed by atoms with van der Waals surface area (Å²) in [5, 5.41) is 5.53. The van der Waals surface area contributed by atoms with Crippen molar-refractivity contribution in [2.24, 2.45) is 5.92 Å². The summed E-state index contributed by atoms with van der Waals surface area (Å²) in [5.74, 6) is 1.10. The highest BCUT2D eigenvalue weighted by atomic mass is 32.1. The molecule has 0 saturated heterocycles. The summed E-state index contributed by atoms with van der Waals surface area (Å²) in [6.07, 6.45) is 4.96. The van der Waals surface area contributed by atoms with Crippen LogP contribution in [-0.2, 0) is 17.8 Å². The fraction of sp³-hybridized carbons (Fsp3) is 0.393. The molecule has 0 unspecified atom stereocenters. The quantitative estimate of drug-likeness (QED) is 0.519. The molecule has 2 amide bonds. The minimum absolute atomic E-state index is 0.103. The molecule has 2 saturated carbocycles. The summed E-state index contributed by atoms with van der Waals surface area (Å²) in [6.45, 7) is 3.13. The van der Waals surface area contributed by atoms with E-state index >= 15 is 0 Å². The summed E-state index contributed by atoms with van der Waals surface area (Å²) >= 11 is 1.44. The maximum atomic E-state index is 13.2. The normalized spacial score (nSPS) is 19.2. The molecule has 2 heterocycles. The van der Waals surface area contributed by atoms with Crippen LogP contribution < -0.4 is 10.1 Å². The predicted octanol–water partition coefficient (Wildman–Crippen LogP) is 4.81. The van der Waals surface area contributed by atoms with E-state index in [-0.39, 0.29) is 23.8 Å². The summed E-state index contributed by atoms with van der Waals surface area (Å²) in [4.78, 5) is 32.0. The first-order chi connectivity index (χ1) is 17.0. The van der Waals surface area contributed by atoms with Crippen molar-refractivity contribution >= 4 is 23.2 Å². The summed E-state index contributed by atoms with van der Waals surface area (Å²) in [5.41, 5.74) is 5.19.